The number of hydrogen-bond donors (Lipinski definition) is 21. The fourth-order valence-electron chi connectivity index (χ4n) is 9.08. The Bertz CT molecular complexity index is 3250. The minimum Gasteiger partial charge on any atom is -0.508 e. The summed E-state index contributed by atoms with van der Waals surface area (Å²) in [6.07, 6.45) is -6.54. The maximum absolute atomic E-state index is 14.2. The third kappa shape index (κ3) is 27.1. The van der Waals surface area contributed by atoms with Gasteiger partial charge >= 0.3 is 17.9 Å². The van der Waals surface area contributed by atoms with Crippen LogP contribution in [0.15, 0.2) is 78.9 Å². The summed E-state index contributed by atoms with van der Waals surface area (Å²) in [4.78, 5) is 186. The van der Waals surface area contributed by atoms with Gasteiger partial charge in [0.05, 0.1) is 44.4 Å². The van der Waals surface area contributed by atoms with Crippen LogP contribution in [0.5, 0.6) is 11.5 Å². The molecule has 0 unspecified atom stereocenters. The van der Waals surface area contributed by atoms with Crippen LogP contribution >= 0.6 is 0 Å². The molecule has 3 aromatic carbocycles. The highest BCUT2D eigenvalue weighted by Crippen LogP contribution is 2.16. The smallest absolute Gasteiger partial charge is 0.326 e. The van der Waals surface area contributed by atoms with Crippen LogP contribution in [0.2, 0.25) is 0 Å². The van der Waals surface area contributed by atoms with E-state index in [2.05, 4.69) is 53.2 Å². The van der Waals surface area contributed by atoms with Crippen LogP contribution in [-0.2, 0) is 86.4 Å². The largest absolute Gasteiger partial charge is 0.508 e. The van der Waals surface area contributed by atoms with E-state index in [1.807, 2.05) is 5.32 Å². The van der Waals surface area contributed by atoms with Crippen molar-refractivity contribution in [3.05, 3.63) is 95.6 Å². The van der Waals surface area contributed by atoms with Gasteiger partial charge in [-0.3, -0.25) is 62.3 Å². The van der Waals surface area contributed by atoms with Crippen LogP contribution < -0.4 is 64.2 Å². The van der Waals surface area contributed by atoms with E-state index in [9.17, 15) is 113 Å². The lowest BCUT2D eigenvalue weighted by Gasteiger charge is -2.29. The molecular formula is C62H86N12O23. The predicted octanol–water partition coefficient (Wildman–Crippen LogP) is -5.96. The average Bonchev–Trinajstić information content (AvgIpc) is 0.897. The standard InChI is InChI=1S/C62H86N12O23/c1-7-30(2)48(60(95)96)72-57(92)44(29-76)68-53(88)40(25-35-15-19-37(80)20-16-35)65-54(89)42(26-47(84)85)66-56(91)43(28-75)69-59(94)50(32(4)78)73-55(90)41(24-33-11-9-8-10-12-33)67-58(93)49(31(3)77)71-45(81)27-64-52(87)39(21-22-46(82)83)70-61(97)62(5,6)74-51(86)38(63)23-34-13-17-36(79)18-14-34/h8-20,30-32,38-44,48-50,75-80H,7,21-29,63H2,1-6H3,(H,64,87)(H,65,89)(H,66,91)(H,67,93)(H,68,88)(H,69,94)(H,70,97)(H,71,81)(H,72,92)(H,73,90)(H,74,86)(H,82,83)(H,84,85)(H,95,96)/t30-,31+,32+,38-,39-,40-,41-,42-,43-,44-,48-,49-,50-/m0/s1. The summed E-state index contributed by atoms with van der Waals surface area (Å²) < 4.78 is 0. The van der Waals surface area contributed by atoms with Crippen LogP contribution in [0, 0.1) is 5.92 Å². The molecule has 3 aromatic rings. The average molecular weight is 1370 g/mol. The fourth-order valence-corrected chi connectivity index (χ4v) is 9.08. The number of phenolic OH excluding ortho intramolecular Hbond substituents is 2. The van der Waals surface area contributed by atoms with Crippen molar-refractivity contribution in [3.8, 4) is 11.5 Å². The molecule has 11 amide bonds. The third-order valence-corrected chi connectivity index (χ3v) is 14.9. The van der Waals surface area contributed by atoms with E-state index in [1.54, 1.807) is 25.1 Å². The molecule has 35 heteroatoms. The minimum atomic E-state index is -2.13. The Labute approximate surface area is 555 Å². The van der Waals surface area contributed by atoms with Crippen molar-refractivity contribution in [3.63, 3.8) is 0 Å². The number of aliphatic hydroxyl groups is 4. The zero-order valence-corrected chi connectivity index (χ0v) is 53.9. The first-order valence-corrected chi connectivity index (χ1v) is 30.4. The van der Waals surface area contributed by atoms with E-state index in [0.29, 0.717) is 17.5 Å². The van der Waals surface area contributed by atoms with E-state index < -0.39 is 212 Å². The predicted molar refractivity (Wildman–Crippen MR) is 338 cm³/mol. The van der Waals surface area contributed by atoms with Crippen molar-refractivity contribution >= 4 is 82.9 Å². The highest BCUT2D eigenvalue weighted by molar-refractivity contribution is 6.00. The number of aromatic hydroxyl groups is 2. The summed E-state index contributed by atoms with van der Waals surface area (Å²) in [6, 6.07) is 0.927. The summed E-state index contributed by atoms with van der Waals surface area (Å²) >= 11 is 0. The lowest BCUT2D eigenvalue weighted by Crippen LogP contribution is -2.63. The van der Waals surface area contributed by atoms with E-state index in [0.717, 1.165) is 13.8 Å². The Morgan fingerprint density at radius 2 is 0.876 bits per heavy atom. The minimum absolute atomic E-state index is 0.00263. The van der Waals surface area contributed by atoms with E-state index in [4.69, 9.17) is 5.73 Å². The van der Waals surface area contributed by atoms with Gasteiger partial charge < -0.3 is 110 Å². The molecule has 0 aromatic heterocycles. The molecule has 3 rings (SSSR count). The van der Waals surface area contributed by atoms with Gasteiger partial charge in [0.1, 0.15) is 71.4 Å². The number of phenols is 2. The molecule has 97 heavy (non-hydrogen) atoms. The number of amides is 11. The number of carbonyl (C=O) groups is 14. The molecular weight excluding hydrogens is 1280 g/mol. The number of benzene rings is 3. The molecule has 0 aliphatic rings. The summed E-state index contributed by atoms with van der Waals surface area (Å²) in [7, 11) is 0. The molecule has 0 heterocycles. The van der Waals surface area contributed by atoms with Crippen LogP contribution in [0.25, 0.3) is 0 Å². The van der Waals surface area contributed by atoms with Crippen LogP contribution in [0.3, 0.4) is 0 Å². The van der Waals surface area contributed by atoms with Crippen molar-refractivity contribution in [2.75, 3.05) is 19.8 Å². The van der Waals surface area contributed by atoms with Gasteiger partial charge in [-0.2, -0.15) is 0 Å². The van der Waals surface area contributed by atoms with E-state index in [1.165, 1.54) is 81.4 Å². The highest BCUT2D eigenvalue weighted by atomic mass is 16.4. The number of hydrogen-bond acceptors (Lipinski definition) is 21. The molecule has 0 spiro atoms. The number of nitrogens with two attached hydrogens (primary N) is 1. The molecule has 0 bridgehead atoms. The second-order valence-corrected chi connectivity index (χ2v) is 23.3. The summed E-state index contributed by atoms with van der Waals surface area (Å²) in [5, 5.41) is 115. The molecule has 0 aliphatic carbocycles. The van der Waals surface area contributed by atoms with Crippen molar-refractivity contribution in [1.29, 1.82) is 0 Å². The van der Waals surface area contributed by atoms with Crippen LogP contribution in [0.1, 0.15) is 83.9 Å². The van der Waals surface area contributed by atoms with E-state index >= 15 is 0 Å². The van der Waals surface area contributed by atoms with Crippen molar-refractivity contribution in [2.24, 2.45) is 11.7 Å². The summed E-state index contributed by atoms with van der Waals surface area (Å²) in [6.45, 7) is 4.47. The SMILES string of the molecule is CC[C@H](C)[C@H](NC(=O)[C@H](CO)NC(=O)[C@H](Cc1ccc(O)cc1)NC(=O)[C@H](CC(=O)O)NC(=O)[C@H](CO)NC(=O)[C@@H](NC(=O)[C@H](Cc1ccccc1)NC(=O)[C@@H](NC(=O)CNC(=O)[C@H](CCC(=O)O)NC(=O)C(C)(C)NC(=O)[C@@H](N)Cc1ccc(O)cc1)[C@@H](C)O)[C@@H](C)O)C(=O)O. The number of aliphatic carboxylic acids is 3. The molecule has 35 nitrogen and oxygen atoms in total. The Morgan fingerprint density at radius 1 is 0.464 bits per heavy atom. The van der Waals surface area contributed by atoms with Gasteiger partial charge in [0.25, 0.3) is 0 Å². The van der Waals surface area contributed by atoms with Crippen molar-refractivity contribution in [2.45, 2.75) is 165 Å². The maximum atomic E-state index is 14.2. The van der Waals surface area contributed by atoms with Crippen molar-refractivity contribution < 1.29 is 113 Å². The molecule has 13 atom stereocenters. The van der Waals surface area contributed by atoms with Crippen LogP contribution in [0.4, 0.5) is 0 Å². The van der Waals surface area contributed by atoms with Gasteiger partial charge in [-0.25, -0.2) is 4.79 Å². The number of carboxylic acid groups (broad SMARTS) is 3. The first-order valence-electron chi connectivity index (χ1n) is 30.4. The van der Waals surface area contributed by atoms with Gasteiger partial charge in [-0.05, 0) is 87.4 Å². The van der Waals surface area contributed by atoms with Gasteiger partial charge in [0, 0.05) is 19.3 Å². The lowest BCUT2D eigenvalue weighted by atomic mass is 9.99. The van der Waals surface area contributed by atoms with Gasteiger partial charge in [0.15, 0.2) is 0 Å². The van der Waals surface area contributed by atoms with Gasteiger partial charge in [0.2, 0.25) is 65.0 Å². The molecule has 0 aliphatic heterocycles. The number of carbonyl (C=O) groups excluding carboxylic acids is 11. The normalized spacial score (nSPS) is 15.2. The molecule has 0 fully saturated rings. The second-order valence-electron chi connectivity index (χ2n) is 23.3. The van der Waals surface area contributed by atoms with Gasteiger partial charge in [-0.1, -0.05) is 74.9 Å². The molecule has 0 radical (unpaired) electrons. The fraction of sp³-hybridized carbons (Fsp3) is 0.484. The topological polar surface area (TPSA) is 579 Å². The Kier molecular flexibility index (Phi) is 32.4. The Balaban J connectivity index is 1.80. The Morgan fingerprint density at radius 3 is 1.35 bits per heavy atom. The first kappa shape index (κ1) is 80.9. The molecule has 0 saturated carbocycles. The molecule has 532 valence electrons. The van der Waals surface area contributed by atoms with Crippen LogP contribution in [-0.4, -0.2) is 227 Å². The van der Waals surface area contributed by atoms with Gasteiger partial charge in [-0.15, -0.1) is 0 Å². The Hall–Kier alpha value is -10.4. The zero-order valence-electron chi connectivity index (χ0n) is 53.9. The second kappa shape index (κ2) is 38.9. The summed E-state index contributed by atoms with van der Waals surface area (Å²) in [5.41, 5.74) is 5.51. The number of nitrogens with one attached hydrogen (secondary N) is 11. The maximum Gasteiger partial charge on any atom is 0.326 e. The highest BCUT2D eigenvalue weighted by Gasteiger charge is 2.39. The summed E-state index contributed by atoms with van der Waals surface area (Å²) in [5.74, 6) is -18.4. The third-order valence-electron chi connectivity index (χ3n) is 14.9. The lowest BCUT2D eigenvalue weighted by molar-refractivity contribution is -0.144. The monoisotopic (exact) mass is 1370 g/mol. The van der Waals surface area contributed by atoms with E-state index in [-0.39, 0.29) is 29.9 Å². The molecule has 22 N–H and O–H groups in total. The van der Waals surface area contributed by atoms with Crippen molar-refractivity contribution in [1.82, 2.24) is 58.5 Å². The number of carboxylic acids is 3. The quantitative estimate of drug-likeness (QED) is 0.0252. The number of aliphatic hydroxyl groups excluding tert-OH is 4. The molecule has 0 saturated heterocycles. The number of rotatable bonds is 40. The first-order chi connectivity index (χ1) is 45.5. The zero-order chi connectivity index (χ0) is 73.0.